The maximum atomic E-state index is 8.97. The molecule has 1 fully saturated rings. The lowest BCUT2D eigenvalue weighted by atomic mass is 10.0. The molecule has 1 atom stereocenters. The molecular formula is C12H15ClN4. The molecule has 17 heavy (non-hydrogen) atoms. The van der Waals surface area contributed by atoms with Gasteiger partial charge in [0.05, 0.1) is 17.5 Å². The van der Waals surface area contributed by atoms with Gasteiger partial charge in [0.25, 0.3) is 0 Å². The Kier molecular flexibility index (Phi) is 4.32. The van der Waals surface area contributed by atoms with Gasteiger partial charge in [-0.2, -0.15) is 5.26 Å². The van der Waals surface area contributed by atoms with Gasteiger partial charge < -0.3 is 5.32 Å². The van der Waals surface area contributed by atoms with Crippen LogP contribution in [0.5, 0.6) is 0 Å². The van der Waals surface area contributed by atoms with E-state index in [1.807, 2.05) is 6.07 Å². The molecule has 1 aliphatic rings. The molecule has 4 nitrogen and oxygen atoms in total. The quantitative estimate of drug-likeness (QED) is 0.885. The first-order valence-electron chi connectivity index (χ1n) is 5.74. The Morgan fingerprint density at radius 1 is 1.53 bits per heavy atom. The van der Waals surface area contributed by atoms with E-state index < -0.39 is 0 Å². The summed E-state index contributed by atoms with van der Waals surface area (Å²) in [5.41, 5.74) is 1.00. The highest BCUT2D eigenvalue weighted by molar-refractivity contribution is 6.31. The van der Waals surface area contributed by atoms with Crippen molar-refractivity contribution in [3.8, 4) is 6.07 Å². The minimum atomic E-state index is 0.0811. The Morgan fingerprint density at radius 2 is 2.29 bits per heavy atom. The highest BCUT2D eigenvalue weighted by Gasteiger charge is 2.23. The lowest BCUT2D eigenvalue weighted by Gasteiger charge is -2.34. The number of nitriles is 1. The molecule has 0 spiro atoms. The number of hydrogen-bond donors (Lipinski definition) is 1. The summed E-state index contributed by atoms with van der Waals surface area (Å²) in [5, 5.41) is 12.9. The number of aromatic nitrogens is 1. The second-order valence-electron chi connectivity index (χ2n) is 4.06. The Hall–Kier alpha value is -1.15. The third-order valence-corrected chi connectivity index (χ3v) is 3.36. The van der Waals surface area contributed by atoms with Crippen molar-refractivity contribution in [2.24, 2.45) is 0 Å². The molecule has 5 heteroatoms. The van der Waals surface area contributed by atoms with Gasteiger partial charge in [0, 0.05) is 44.6 Å². The van der Waals surface area contributed by atoms with Gasteiger partial charge in [0.1, 0.15) is 0 Å². The van der Waals surface area contributed by atoms with Crippen LogP contribution < -0.4 is 5.32 Å². The highest BCUT2D eigenvalue weighted by Crippen LogP contribution is 2.29. The van der Waals surface area contributed by atoms with E-state index in [0.29, 0.717) is 11.4 Å². The van der Waals surface area contributed by atoms with Crippen LogP contribution in [0.4, 0.5) is 0 Å². The van der Waals surface area contributed by atoms with E-state index in [-0.39, 0.29) is 6.04 Å². The molecule has 0 saturated carbocycles. The summed E-state index contributed by atoms with van der Waals surface area (Å²) in [5.74, 6) is 0. The second-order valence-corrected chi connectivity index (χ2v) is 4.47. The summed E-state index contributed by atoms with van der Waals surface area (Å²) in [7, 11) is 0. The molecule has 1 aliphatic heterocycles. The molecule has 1 aromatic rings. The number of nitrogens with zero attached hydrogens (tertiary/aromatic N) is 3. The van der Waals surface area contributed by atoms with E-state index in [0.717, 1.165) is 31.7 Å². The van der Waals surface area contributed by atoms with Crippen molar-refractivity contribution in [3.63, 3.8) is 0 Å². The number of pyridine rings is 1. The van der Waals surface area contributed by atoms with Crippen molar-refractivity contribution >= 4 is 11.6 Å². The van der Waals surface area contributed by atoms with Crippen LogP contribution in [0.1, 0.15) is 18.0 Å². The van der Waals surface area contributed by atoms with Crippen LogP contribution in [0.15, 0.2) is 18.5 Å². The Morgan fingerprint density at radius 3 is 2.94 bits per heavy atom. The summed E-state index contributed by atoms with van der Waals surface area (Å²) in [6, 6.07) is 4.24. The predicted octanol–water partition coefficient (Wildman–Crippen LogP) is 1.59. The molecule has 1 saturated heterocycles. The summed E-state index contributed by atoms with van der Waals surface area (Å²) < 4.78 is 0. The Bertz CT molecular complexity index is 409. The predicted molar refractivity (Wildman–Crippen MR) is 66.7 cm³/mol. The van der Waals surface area contributed by atoms with Crippen molar-refractivity contribution < 1.29 is 0 Å². The number of halogens is 1. The first kappa shape index (κ1) is 12.3. The fourth-order valence-corrected chi connectivity index (χ4v) is 2.42. The molecular weight excluding hydrogens is 236 g/mol. The number of piperazine rings is 1. The zero-order chi connectivity index (χ0) is 12.1. The van der Waals surface area contributed by atoms with Crippen LogP contribution in [0, 0.1) is 11.3 Å². The second kappa shape index (κ2) is 5.97. The summed E-state index contributed by atoms with van der Waals surface area (Å²) >= 11 is 6.16. The van der Waals surface area contributed by atoms with E-state index in [2.05, 4.69) is 21.3 Å². The van der Waals surface area contributed by atoms with Gasteiger partial charge in [0.15, 0.2) is 0 Å². The summed E-state index contributed by atoms with van der Waals surface area (Å²) in [6.45, 7) is 3.82. The average Bonchev–Trinajstić information content (AvgIpc) is 2.38. The van der Waals surface area contributed by atoms with Crippen molar-refractivity contribution in [2.45, 2.75) is 12.5 Å². The normalized spacial score (nSPS) is 18.6. The summed E-state index contributed by atoms with van der Waals surface area (Å²) in [4.78, 5) is 6.29. The van der Waals surface area contributed by atoms with Gasteiger partial charge in [-0.05, 0) is 11.6 Å². The molecule has 1 aromatic heterocycles. The monoisotopic (exact) mass is 250 g/mol. The minimum absolute atomic E-state index is 0.0811. The van der Waals surface area contributed by atoms with Crippen molar-refractivity contribution in [2.75, 3.05) is 26.2 Å². The van der Waals surface area contributed by atoms with Gasteiger partial charge in [0.2, 0.25) is 0 Å². The van der Waals surface area contributed by atoms with Crippen LogP contribution in [-0.2, 0) is 0 Å². The van der Waals surface area contributed by atoms with E-state index in [1.165, 1.54) is 0 Å². The highest BCUT2D eigenvalue weighted by atomic mass is 35.5. The number of hydrogen-bond acceptors (Lipinski definition) is 4. The molecule has 90 valence electrons. The van der Waals surface area contributed by atoms with Gasteiger partial charge >= 0.3 is 0 Å². The molecule has 0 amide bonds. The van der Waals surface area contributed by atoms with Crippen LogP contribution in [0.25, 0.3) is 0 Å². The standard InChI is InChI=1S/C12H15ClN4/c13-11-9-16-4-2-10(11)12(1-3-14)17-7-5-15-6-8-17/h2,4,9,12,15H,1,5-8H2/t12-/m0/s1. The SMILES string of the molecule is N#CC[C@@H](c1ccncc1Cl)N1CCNCC1. The van der Waals surface area contributed by atoms with Gasteiger partial charge in [-0.15, -0.1) is 0 Å². The van der Waals surface area contributed by atoms with Crippen LogP contribution >= 0.6 is 11.6 Å². The molecule has 0 bridgehead atoms. The third-order valence-electron chi connectivity index (χ3n) is 3.04. The average molecular weight is 251 g/mol. The smallest absolute Gasteiger partial charge is 0.0641 e. The van der Waals surface area contributed by atoms with Gasteiger partial charge in [-0.1, -0.05) is 11.6 Å². The third kappa shape index (κ3) is 2.95. The molecule has 0 aromatic carbocycles. The fraction of sp³-hybridized carbons (Fsp3) is 0.500. The summed E-state index contributed by atoms with van der Waals surface area (Å²) in [6.07, 6.45) is 3.83. The van der Waals surface area contributed by atoms with Crippen molar-refractivity contribution in [1.82, 2.24) is 15.2 Å². The van der Waals surface area contributed by atoms with Crippen molar-refractivity contribution in [1.29, 1.82) is 5.26 Å². The number of rotatable bonds is 3. The fourth-order valence-electron chi connectivity index (χ4n) is 2.17. The molecule has 0 aliphatic carbocycles. The maximum Gasteiger partial charge on any atom is 0.0641 e. The molecule has 1 N–H and O–H groups in total. The Labute approximate surface area is 106 Å². The van der Waals surface area contributed by atoms with Crippen LogP contribution in [0.2, 0.25) is 5.02 Å². The maximum absolute atomic E-state index is 8.97. The first-order chi connectivity index (χ1) is 8.33. The van der Waals surface area contributed by atoms with E-state index in [9.17, 15) is 0 Å². The first-order valence-corrected chi connectivity index (χ1v) is 6.12. The van der Waals surface area contributed by atoms with Gasteiger partial charge in [-0.3, -0.25) is 9.88 Å². The number of nitrogens with one attached hydrogen (secondary N) is 1. The Balaban J connectivity index is 2.22. The zero-order valence-corrected chi connectivity index (χ0v) is 10.3. The molecule has 2 heterocycles. The lowest BCUT2D eigenvalue weighted by Crippen LogP contribution is -2.45. The minimum Gasteiger partial charge on any atom is -0.314 e. The zero-order valence-electron chi connectivity index (χ0n) is 9.56. The topological polar surface area (TPSA) is 52.0 Å². The molecule has 2 rings (SSSR count). The van der Waals surface area contributed by atoms with E-state index in [1.54, 1.807) is 12.4 Å². The van der Waals surface area contributed by atoms with Crippen LogP contribution in [0.3, 0.4) is 0 Å². The lowest BCUT2D eigenvalue weighted by molar-refractivity contribution is 0.175. The molecule has 0 radical (unpaired) electrons. The molecule has 0 unspecified atom stereocenters. The largest absolute Gasteiger partial charge is 0.314 e. The van der Waals surface area contributed by atoms with Crippen LogP contribution in [-0.4, -0.2) is 36.1 Å². The van der Waals surface area contributed by atoms with Crippen molar-refractivity contribution in [3.05, 3.63) is 29.0 Å². The van der Waals surface area contributed by atoms with Gasteiger partial charge in [-0.25, -0.2) is 0 Å². The van der Waals surface area contributed by atoms with E-state index >= 15 is 0 Å². The van der Waals surface area contributed by atoms with E-state index in [4.69, 9.17) is 16.9 Å².